The van der Waals surface area contributed by atoms with Crippen molar-refractivity contribution in [1.29, 1.82) is 0 Å². The number of benzene rings is 7. The maximum absolute atomic E-state index is 2.63. The second kappa shape index (κ2) is 23.9. The molecule has 0 nitrogen and oxygen atoms in total. The highest BCUT2D eigenvalue weighted by Crippen LogP contribution is 2.64. The Hall–Kier alpha value is -7.02. The van der Waals surface area contributed by atoms with Crippen LogP contribution in [0.2, 0.25) is 0 Å². The fourth-order valence-electron chi connectivity index (χ4n) is 13.1. The van der Waals surface area contributed by atoms with Crippen LogP contribution in [-0.4, -0.2) is 0 Å². The van der Waals surface area contributed by atoms with Crippen LogP contribution >= 0.6 is 0 Å². The maximum atomic E-state index is 2.63. The van der Waals surface area contributed by atoms with Gasteiger partial charge in [-0.05, 0) is 165 Å². The van der Waals surface area contributed by atoms with Crippen molar-refractivity contribution < 1.29 is 0 Å². The van der Waals surface area contributed by atoms with Gasteiger partial charge in [-0.1, -0.05) is 292 Å². The lowest BCUT2D eigenvalue weighted by Crippen LogP contribution is -2.34. The van der Waals surface area contributed by atoms with E-state index < -0.39 is 0 Å². The Bertz CT molecular complexity index is 3380. The van der Waals surface area contributed by atoms with E-state index >= 15 is 0 Å². The lowest BCUT2D eigenvalue weighted by molar-refractivity contribution is 0.197. The summed E-state index contributed by atoms with van der Waals surface area (Å²) in [5.41, 5.74) is 27.1. The summed E-state index contributed by atoms with van der Waals surface area (Å²) in [5, 5.41) is 0. The summed E-state index contributed by atoms with van der Waals surface area (Å²) in [6.07, 6.45) is 19.5. The molecule has 0 amide bonds. The third-order valence-electron chi connectivity index (χ3n) is 18.7. The predicted molar refractivity (Wildman–Crippen MR) is 339 cm³/mol. The molecule has 11 rings (SSSR count). The molecular formula is C78H86. The number of hydrogen-bond donors (Lipinski definition) is 0. The van der Waals surface area contributed by atoms with Crippen LogP contribution in [0.15, 0.2) is 246 Å². The largest absolute Gasteiger partial charge is 0.0811 e. The molecule has 4 atom stereocenters. The second-order valence-corrected chi connectivity index (χ2v) is 24.3. The smallest absolute Gasteiger partial charge is 0.00796 e. The first kappa shape index (κ1) is 55.7. The molecule has 0 heterocycles. The highest BCUT2D eigenvalue weighted by atomic mass is 14.6. The summed E-state index contributed by atoms with van der Waals surface area (Å²) < 4.78 is 0. The van der Waals surface area contributed by atoms with Crippen molar-refractivity contribution in [3.63, 3.8) is 0 Å². The van der Waals surface area contributed by atoms with E-state index in [9.17, 15) is 0 Å². The summed E-state index contributed by atoms with van der Waals surface area (Å²) >= 11 is 0. The molecule has 0 aromatic heterocycles. The van der Waals surface area contributed by atoms with Gasteiger partial charge < -0.3 is 0 Å². The monoisotopic (exact) mass is 1020 g/mol. The van der Waals surface area contributed by atoms with Gasteiger partial charge in [-0.15, -0.1) is 0 Å². The fourth-order valence-corrected chi connectivity index (χ4v) is 13.1. The molecule has 7 aromatic rings. The van der Waals surface area contributed by atoms with Gasteiger partial charge in [0.15, 0.2) is 0 Å². The van der Waals surface area contributed by atoms with Gasteiger partial charge in [-0.3, -0.25) is 0 Å². The minimum absolute atomic E-state index is 0.0873. The SMILES string of the molecule is CC1=C(/C=C2\C(C)C3=C(CC(C)C=C3)C2(C)C)C2=CC(c3ccc(C)c(-c4ccccc4C)c3)=CCC2(C)C1(C)C.CCC(Cc1ccc(-c2ccccc2)cc1)c1ccc(-c2ccccc2)cc1.CCCc1ccccc1. The molecule has 0 heteroatoms. The average molecular weight is 1020 g/mol. The zero-order chi connectivity index (χ0) is 55.2. The van der Waals surface area contributed by atoms with E-state index in [0.29, 0.717) is 17.8 Å². The Morgan fingerprint density at radius 3 is 1.73 bits per heavy atom. The first-order chi connectivity index (χ1) is 37.5. The van der Waals surface area contributed by atoms with E-state index in [4.69, 9.17) is 0 Å². The third kappa shape index (κ3) is 11.6. The van der Waals surface area contributed by atoms with Crippen molar-refractivity contribution in [3.05, 3.63) is 279 Å². The molecule has 0 radical (unpaired) electrons. The molecular weight excluding hydrogens is 937 g/mol. The molecule has 0 bridgehead atoms. The molecule has 4 aliphatic carbocycles. The third-order valence-corrected chi connectivity index (χ3v) is 18.7. The molecule has 0 fully saturated rings. The highest BCUT2D eigenvalue weighted by molar-refractivity contribution is 5.83. The van der Waals surface area contributed by atoms with E-state index in [0.717, 1.165) is 19.3 Å². The van der Waals surface area contributed by atoms with Gasteiger partial charge in [0.1, 0.15) is 0 Å². The van der Waals surface area contributed by atoms with Crippen LogP contribution in [0.4, 0.5) is 0 Å². The van der Waals surface area contributed by atoms with E-state index in [1.807, 2.05) is 0 Å². The van der Waals surface area contributed by atoms with Crippen molar-refractivity contribution in [3.8, 4) is 33.4 Å². The molecule has 0 saturated carbocycles. The summed E-state index contributed by atoms with van der Waals surface area (Å²) in [7, 11) is 0. The highest BCUT2D eigenvalue weighted by Gasteiger charge is 2.52. The van der Waals surface area contributed by atoms with Gasteiger partial charge in [0, 0.05) is 16.7 Å². The van der Waals surface area contributed by atoms with Crippen LogP contribution in [-0.2, 0) is 12.8 Å². The Labute approximate surface area is 471 Å². The molecule has 0 aliphatic heterocycles. The Morgan fingerprint density at radius 1 is 0.577 bits per heavy atom. The standard InChI is InChI=1S/C41H48.C28H26.C9H12/c1-25-15-18-33-28(4)36(39(6,7)37(33)21-25)24-35-29(5)40(8,9)41(10)20-19-31(23-38(35)41)30-17-16-27(3)34(22-30)32-14-12-11-13-26(32)2;1-2-23(26-17-19-28(20-18-26)25-11-7-4-8-12-25)21-22-13-15-27(16-14-22)24-9-5-3-6-10-24;1-2-6-9-7-4-3-5-8-9/h11-19,22-25,28H,20-21H2,1-10H3;3-20,23H,2,21H2,1H3;3-5,7-8H,2,6H2,1H3/b36-24+;;. The first-order valence-corrected chi connectivity index (χ1v) is 29.3. The van der Waals surface area contributed by atoms with Crippen LogP contribution < -0.4 is 0 Å². The minimum atomic E-state index is 0.0873. The van der Waals surface area contributed by atoms with Crippen LogP contribution in [0.5, 0.6) is 0 Å². The number of allylic oxidation sites excluding steroid dienone is 12. The van der Waals surface area contributed by atoms with Crippen molar-refractivity contribution >= 4 is 5.57 Å². The molecule has 7 aromatic carbocycles. The van der Waals surface area contributed by atoms with E-state index in [1.54, 1.807) is 16.7 Å². The van der Waals surface area contributed by atoms with Crippen molar-refractivity contribution in [2.45, 2.75) is 128 Å². The van der Waals surface area contributed by atoms with Crippen LogP contribution in [0.25, 0.3) is 39.0 Å². The number of fused-ring (bicyclic) bond motifs is 1. The van der Waals surface area contributed by atoms with E-state index in [2.05, 4.69) is 295 Å². The van der Waals surface area contributed by atoms with Crippen LogP contribution in [0.1, 0.15) is 134 Å². The summed E-state index contributed by atoms with van der Waals surface area (Å²) in [5.74, 6) is 1.64. The summed E-state index contributed by atoms with van der Waals surface area (Å²) in [4.78, 5) is 0. The molecule has 0 saturated heterocycles. The van der Waals surface area contributed by atoms with Crippen LogP contribution in [0.3, 0.4) is 0 Å². The lowest BCUT2D eigenvalue weighted by Gasteiger charge is -2.42. The van der Waals surface area contributed by atoms with Crippen molar-refractivity contribution in [2.24, 2.45) is 28.1 Å². The normalized spacial score (nSPS) is 20.6. The fraction of sp³-hybridized carbons (Fsp3) is 0.308. The van der Waals surface area contributed by atoms with Gasteiger partial charge in [-0.2, -0.15) is 0 Å². The quantitative estimate of drug-likeness (QED) is 0.121. The second-order valence-electron chi connectivity index (χ2n) is 24.3. The molecule has 4 unspecified atom stereocenters. The first-order valence-electron chi connectivity index (χ1n) is 29.3. The predicted octanol–water partition coefficient (Wildman–Crippen LogP) is 21.9. The molecule has 78 heavy (non-hydrogen) atoms. The average Bonchev–Trinajstić information content (AvgIpc) is 3.48. The van der Waals surface area contributed by atoms with Gasteiger partial charge >= 0.3 is 0 Å². The Balaban J connectivity index is 0.000000171. The number of aryl methyl sites for hydroxylation is 3. The summed E-state index contributed by atoms with van der Waals surface area (Å²) in [6, 6.07) is 65.7. The van der Waals surface area contributed by atoms with E-state index in [1.165, 1.54) is 108 Å². The maximum Gasteiger partial charge on any atom is 0.00796 e. The van der Waals surface area contributed by atoms with Gasteiger partial charge in [0.2, 0.25) is 0 Å². The molecule has 4 aliphatic rings. The zero-order valence-corrected chi connectivity index (χ0v) is 49.2. The van der Waals surface area contributed by atoms with Gasteiger partial charge in [0.25, 0.3) is 0 Å². The lowest BCUT2D eigenvalue weighted by atomic mass is 9.61. The van der Waals surface area contributed by atoms with Gasteiger partial charge in [0.05, 0.1) is 0 Å². The Kier molecular flexibility index (Phi) is 17.1. The van der Waals surface area contributed by atoms with Crippen LogP contribution in [0, 0.1) is 41.9 Å². The van der Waals surface area contributed by atoms with Gasteiger partial charge in [-0.25, -0.2) is 0 Å². The van der Waals surface area contributed by atoms with Crippen molar-refractivity contribution in [2.75, 3.05) is 0 Å². The topological polar surface area (TPSA) is 0 Å². The van der Waals surface area contributed by atoms with E-state index in [-0.39, 0.29) is 16.2 Å². The number of hydrogen-bond acceptors (Lipinski definition) is 0. The molecule has 0 N–H and O–H groups in total. The minimum Gasteiger partial charge on any atom is -0.0811 e. The van der Waals surface area contributed by atoms with Crippen molar-refractivity contribution in [1.82, 2.24) is 0 Å². The molecule has 0 spiro atoms. The number of rotatable bonds is 11. The molecule has 398 valence electrons. The summed E-state index contributed by atoms with van der Waals surface area (Å²) in [6.45, 7) is 28.5. The Morgan fingerprint density at radius 2 is 1.13 bits per heavy atom. The zero-order valence-electron chi connectivity index (χ0n) is 49.2.